The molecule has 2 rings (SSSR count). The Hall–Kier alpha value is -1.16. The van der Waals surface area contributed by atoms with Gasteiger partial charge in [0.05, 0.1) is 7.11 Å². The summed E-state index contributed by atoms with van der Waals surface area (Å²) in [5.74, 6) is 0.950. The lowest BCUT2D eigenvalue weighted by Crippen LogP contribution is -2.56. The van der Waals surface area contributed by atoms with Gasteiger partial charge >= 0.3 is 5.97 Å². The summed E-state index contributed by atoms with van der Waals surface area (Å²) in [7, 11) is 1.47. The van der Waals surface area contributed by atoms with E-state index in [9.17, 15) is 4.79 Å². The third-order valence-corrected chi connectivity index (χ3v) is 5.26. The minimum Gasteiger partial charge on any atom is -0.467 e. The van der Waals surface area contributed by atoms with Crippen molar-refractivity contribution in [2.45, 2.75) is 37.5 Å². The smallest absolute Gasteiger partial charge is 0.332 e. The third kappa shape index (κ3) is 2.73. The van der Waals surface area contributed by atoms with Gasteiger partial charge in [-0.3, -0.25) is 0 Å². The molecule has 3 nitrogen and oxygen atoms in total. The predicted molar refractivity (Wildman–Crippen MR) is 80.7 cm³/mol. The molecule has 0 radical (unpaired) electrons. The van der Waals surface area contributed by atoms with Crippen molar-refractivity contribution in [2.24, 2.45) is 0 Å². The number of rotatable bonds is 3. The van der Waals surface area contributed by atoms with Gasteiger partial charge in [0, 0.05) is 10.9 Å². The van der Waals surface area contributed by atoms with Crippen molar-refractivity contribution in [2.75, 3.05) is 18.2 Å². The normalized spacial score (nSPS) is 26.8. The lowest BCUT2D eigenvalue weighted by molar-refractivity contribution is -0.146. The molecule has 19 heavy (non-hydrogen) atoms. The average molecular weight is 279 g/mol. The van der Waals surface area contributed by atoms with Crippen LogP contribution in [0.25, 0.3) is 0 Å². The van der Waals surface area contributed by atoms with Gasteiger partial charge in [0.1, 0.15) is 5.54 Å². The molecule has 0 saturated carbocycles. The van der Waals surface area contributed by atoms with Crippen LogP contribution in [0.3, 0.4) is 0 Å². The van der Waals surface area contributed by atoms with Crippen LogP contribution in [0.2, 0.25) is 0 Å². The van der Waals surface area contributed by atoms with Gasteiger partial charge in [0.25, 0.3) is 0 Å². The summed E-state index contributed by atoms with van der Waals surface area (Å²) in [5.41, 5.74) is 1.56. The van der Waals surface area contributed by atoms with E-state index in [-0.39, 0.29) is 11.2 Å². The minimum atomic E-state index is -0.607. The van der Waals surface area contributed by atoms with E-state index in [1.165, 1.54) is 7.11 Å². The van der Waals surface area contributed by atoms with Crippen molar-refractivity contribution in [3.8, 4) is 0 Å². The molecule has 1 saturated heterocycles. The molecule has 0 bridgehead atoms. The number of methoxy groups -OCH3 is 1. The molecule has 1 N–H and O–H groups in total. The van der Waals surface area contributed by atoms with E-state index in [4.69, 9.17) is 4.74 Å². The summed E-state index contributed by atoms with van der Waals surface area (Å²) in [4.78, 5) is 12.3. The number of anilines is 1. The molecular weight excluding hydrogens is 258 g/mol. The molecule has 0 spiro atoms. The van der Waals surface area contributed by atoms with Crippen molar-refractivity contribution >= 4 is 23.4 Å². The number of hydrogen-bond donors (Lipinski definition) is 1. The molecule has 1 heterocycles. The van der Waals surface area contributed by atoms with Gasteiger partial charge < -0.3 is 10.1 Å². The van der Waals surface area contributed by atoms with Crippen LogP contribution in [-0.2, 0) is 9.53 Å². The number of thioether (sulfide) groups is 1. The Morgan fingerprint density at radius 3 is 2.84 bits per heavy atom. The van der Waals surface area contributed by atoms with Crippen LogP contribution in [0.4, 0.5) is 5.69 Å². The number of aryl methyl sites for hydroxylation is 1. The molecular formula is C15H21NO2S. The number of carbonyl (C=O) groups excluding carboxylic acids is 1. The lowest BCUT2D eigenvalue weighted by atomic mass is 9.88. The summed E-state index contributed by atoms with van der Waals surface area (Å²) in [5, 5.41) is 3.67. The maximum Gasteiger partial charge on any atom is 0.332 e. The highest BCUT2D eigenvalue weighted by atomic mass is 32.2. The minimum absolute atomic E-state index is 0.157. The Bertz CT molecular complexity index is 463. The molecule has 1 aromatic carbocycles. The first-order valence-electron chi connectivity index (χ1n) is 6.64. The van der Waals surface area contributed by atoms with Crippen LogP contribution in [0.5, 0.6) is 0 Å². The average Bonchev–Trinajstić information content (AvgIpc) is 2.43. The number of esters is 1. The van der Waals surface area contributed by atoms with E-state index in [1.54, 1.807) is 0 Å². The second-order valence-corrected chi connectivity index (χ2v) is 6.47. The summed E-state index contributed by atoms with van der Waals surface area (Å²) in [6.45, 7) is 4.15. The summed E-state index contributed by atoms with van der Waals surface area (Å²) >= 11 is 1.83. The van der Waals surface area contributed by atoms with Crippen LogP contribution < -0.4 is 5.32 Å². The van der Waals surface area contributed by atoms with Crippen LogP contribution in [0.1, 0.15) is 25.3 Å². The van der Waals surface area contributed by atoms with Gasteiger partial charge in [-0.15, -0.1) is 0 Å². The quantitative estimate of drug-likeness (QED) is 0.862. The van der Waals surface area contributed by atoms with E-state index in [0.717, 1.165) is 29.8 Å². The molecule has 1 aromatic rings. The topological polar surface area (TPSA) is 38.3 Å². The SMILES string of the molecule is COC(=O)C1(Nc2ccccc2C)CCCSC1C. The highest BCUT2D eigenvalue weighted by Gasteiger charge is 2.46. The van der Waals surface area contributed by atoms with Crippen LogP contribution in [-0.4, -0.2) is 29.6 Å². The van der Waals surface area contributed by atoms with Gasteiger partial charge in [0.2, 0.25) is 0 Å². The number of benzene rings is 1. The Morgan fingerprint density at radius 2 is 2.21 bits per heavy atom. The van der Waals surface area contributed by atoms with Gasteiger partial charge in [0.15, 0.2) is 0 Å². The van der Waals surface area contributed by atoms with Crippen LogP contribution >= 0.6 is 11.8 Å². The van der Waals surface area contributed by atoms with Crippen LogP contribution in [0.15, 0.2) is 24.3 Å². The number of nitrogens with one attached hydrogen (secondary N) is 1. The van der Waals surface area contributed by atoms with Gasteiger partial charge in [-0.05, 0) is 37.1 Å². The highest BCUT2D eigenvalue weighted by molar-refractivity contribution is 8.00. The maximum atomic E-state index is 12.3. The molecule has 2 atom stereocenters. The third-order valence-electron chi connectivity index (χ3n) is 3.83. The monoisotopic (exact) mass is 279 g/mol. The Balaban J connectivity index is 2.33. The van der Waals surface area contributed by atoms with Crippen LogP contribution in [0, 0.1) is 6.92 Å². The molecule has 0 aromatic heterocycles. The van der Waals surface area contributed by atoms with Gasteiger partial charge in [-0.2, -0.15) is 11.8 Å². The zero-order valence-corrected chi connectivity index (χ0v) is 12.5. The highest BCUT2D eigenvalue weighted by Crippen LogP contribution is 2.38. The lowest BCUT2D eigenvalue weighted by Gasteiger charge is -2.41. The largest absolute Gasteiger partial charge is 0.467 e. The van der Waals surface area contributed by atoms with Gasteiger partial charge in [-0.1, -0.05) is 25.1 Å². The number of hydrogen-bond acceptors (Lipinski definition) is 4. The van der Waals surface area contributed by atoms with Crippen molar-refractivity contribution in [1.82, 2.24) is 0 Å². The molecule has 2 unspecified atom stereocenters. The molecule has 1 aliphatic rings. The Morgan fingerprint density at radius 1 is 1.47 bits per heavy atom. The fourth-order valence-corrected chi connectivity index (χ4v) is 3.80. The summed E-state index contributed by atoms with van der Waals surface area (Å²) in [6.07, 6.45) is 1.85. The molecule has 0 aliphatic carbocycles. The van der Waals surface area contributed by atoms with E-state index >= 15 is 0 Å². The predicted octanol–water partition coefficient (Wildman–Crippen LogP) is 3.23. The Kier molecular flexibility index (Phi) is 4.40. The first-order valence-corrected chi connectivity index (χ1v) is 7.69. The Labute approximate surface area is 119 Å². The molecule has 104 valence electrons. The van der Waals surface area contributed by atoms with Crippen molar-refractivity contribution in [3.05, 3.63) is 29.8 Å². The van der Waals surface area contributed by atoms with Gasteiger partial charge in [-0.25, -0.2) is 4.79 Å². The van der Waals surface area contributed by atoms with E-state index in [2.05, 4.69) is 12.2 Å². The van der Waals surface area contributed by atoms with E-state index < -0.39 is 5.54 Å². The fraction of sp³-hybridized carbons (Fsp3) is 0.533. The zero-order chi connectivity index (χ0) is 13.9. The van der Waals surface area contributed by atoms with Crippen molar-refractivity contribution in [1.29, 1.82) is 0 Å². The molecule has 4 heteroatoms. The van der Waals surface area contributed by atoms with Crippen molar-refractivity contribution < 1.29 is 9.53 Å². The first-order chi connectivity index (χ1) is 9.10. The van der Waals surface area contributed by atoms with Crippen molar-refractivity contribution in [3.63, 3.8) is 0 Å². The molecule has 1 fully saturated rings. The fourth-order valence-electron chi connectivity index (χ4n) is 2.58. The number of carbonyl (C=O) groups is 1. The molecule has 1 aliphatic heterocycles. The molecule has 0 amide bonds. The summed E-state index contributed by atoms with van der Waals surface area (Å²) in [6, 6.07) is 8.06. The summed E-state index contributed by atoms with van der Waals surface area (Å²) < 4.78 is 5.06. The number of ether oxygens (including phenoxy) is 1. The second-order valence-electron chi connectivity index (χ2n) is 5.02. The second kappa shape index (κ2) is 5.87. The number of para-hydroxylation sites is 1. The first kappa shape index (κ1) is 14.3. The maximum absolute atomic E-state index is 12.3. The zero-order valence-electron chi connectivity index (χ0n) is 11.7. The standard InChI is InChI=1S/C15H21NO2S/c1-11-7-4-5-8-13(11)16-15(14(17)18-3)9-6-10-19-12(15)2/h4-5,7-8,12,16H,6,9-10H2,1-3H3. The van der Waals surface area contributed by atoms with E-state index in [0.29, 0.717) is 0 Å². The van der Waals surface area contributed by atoms with E-state index in [1.807, 2.05) is 43.0 Å².